The summed E-state index contributed by atoms with van der Waals surface area (Å²) in [5, 5.41) is 9.04. The number of nitrogens with zero attached hydrogens (tertiary/aromatic N) is 2. The van der Waals surface area contributed by atoms with Gasteiger partial charge in [0.25, 0.3) is 0 Å². The van der Waals surface area contributed by atoms with Crippen molar-refractivity contribution < 1.29 is 9.15 Å². The van der Waals surface area contributed by atoms with Crippen molar-refractivity contribution in [2.24, 2.45) is 5.10 Å². The number of benzene rings is 1. The fraction of sp³-hybridized carbons (Fsp3) is 0.211. The zero-order valence-corrected chi connectivity index (χ0v) is 14.0. The molecule has 2 aliphatic rings. The van der Waals surface area contributed by atoms with Crippen LogP contribution in [-0.2, 0) is 0 Å². The first-order valence-corrected chi connectivity index (χ1v) is 8.89. The van der Waals surface area contributed by atoms with Gasteiger partial charge in [-0.3, -0.25) is 0 Å². The maximum Gasteiger partial charge on any atom is 0.246 e. The molecule has 0 N–H and O–H groups in total. The third-order valence-electron chi connectivity index (χ3n) is 4.51. The second-order valence-electron chi connectivity index (χ2n) is 6.08. The van der Waals surface area contributed by atoms with E-state index in [0.717, 1.165) is 29.4 Å². The lowest BCUT2D eigenvalue weighted by atomic mass is 9.98. The predicted molar refractivity (Wildman–Crippen MR) is 93.3 cm³/mol. The molecule has 5 rings (SSSR count). The largest absolute Gasteiger partial charge is 0.461 e. The van der Waals surface area contributed by atoms with Crippen molar-refractivity contribution in [3.63, 3.8) is 0 Å². The Morgan fingerprint density at radius 3 is 2.83 bits per heavy atom. The van der Waals surface area contributed by atoms with Crippen LogP contribution in [-0.4, -0.2) is 10.7 Å². The normalized spacial score (nSPS) is 21.9. The minimum absolute atomic E-state index is 0.183. The zero-order chi connectivity index (χ0) is 16.1. The lowest BCUT2D eigenvalue weighted by Gasteiger charge is -2.36. The topological polar surface area (TPSA) is 38.0 Å². The highest BCUT2D eigenvalue weighted by Gasteiger charge is 2.42. The summed E-state index contributed by atoms with van der Waals surface area (Å²) in [4.78, 5) is 1.22. The molecule has 3 aromatic rings. The number of ether oxygens (including phenoxy) is 1. The van der Waals surface area contributed by atoms with E-state index in [-0.39, 0.29) is 12.3 Å². The van der Waals surface area contributed by atoms with E-state index in [1.807, 2.05) is 31.2 Å². The molecule has 0 saturated heterocycles. The number of aryl methyl sites for hydroxylation is 1. The van der Waals surface area contributed by atoms with Crippen LogP contribution in [0.3, 0.4) is 0 Å². The molecule has 0 bridgehead atoms. The minimum atomic E-state index is -0.323. The summed E-state index contributed by atoms with van der Waals surface area (Å²) in [6.45, 7) is 1.95. The average molecular weight is 336 g/mol. The number of furan rings is 1. The number of hydrazone groups is 1. The quantitative estimate of drug-likeness (QED) is 0.668. The molecule has 5 heteroatoms. The van der Waals surface area contributed by atoms with E-state index >= 15 is 0 Å². The number of para-hydroxylation sites is 1. The number of hydrogen-bond donors (Lipinski definition) is 0. The number of rotatable bonds is 2. The Labute approximate surface area is 144 Å². The first kappa shape index (κ1) is 13.9. The van der Waals surface area contributed by atoms with E-state index in [1.165, 1.54) is 10.4 Å². The first-order chi connectivity index (χ1) is 11.8. The van der Waals surface area contributed by atoms with Crippen LogP contribution < -0.4 is 4.74 Å². The fourth-order valence-electron chi connectivity index (χ4n) is 3.40. The standard InChI is InChI=1S/C19H16N2O2S/c1-12-8-9-17(22-12)19-21-15(13-5-2-3-6-16(13)23-19)11-14(20-21)18-7-4-10-24-18/h2-10,15,19H,11H2,1H3/t15-,19+/m1/s1. The monoisotopic (exact) mass is 336 g/mol. The Bertz CT molecular complexity index is 913. The molecule has 2 atom stereocenters. The molecule has 0 fully saturated rings. The van der Waals surface area contributed by atoms with Gasteiger partial charge in [0.15, 0.2) is 5.76 Å². The van der Waals surface area contributed by atoms with Crippen LogP contribution in [0.5, 0.6) is 5.75 Å². The molecular formula is C19H16N2O2S. The van der Waals surface area contributed by atoms with E-state index in [2.05, 4.69) is 34.7 Å². The molecule has 2 aliphatic heterocycles. The summed E-state index contributed by atoms with van der Waals surface area (Å²) < 4.78 is 12.1. The summed E-state index contributed by atoms with van der Waals surface area (Å²) in [6, 6.07) is 16.5. The molecule has 24 heavy (non-hydrogen) atoms. The van der Waals surface area contributed by atoms with Gasteiger partial charge in [-0.15, -0.1) is 11.3 Å². The molecule has 4 heterocycles. The minimum Gasteiger partial charge on any atom is -0.461 e. The number of thiophene rings is 1. The lowest BCUT2D eigenvalue weighted by Crippen LogP contribution is -2.33. The molecule has 0 amide bonds. The van der Waals surface area contributed by atoms with Crippen molar-refractivity contribution in [2.45, 2.75) is 25.6 Å². The zero-order valence-electron chi connectivity index (χ0n) is 13.2. The van der Waals surface area contributed by atoms with Gasteiger partial charge < -0.3 is 9.15 Å². The van der Waals surface area contributed by atoms with Gasteiger partial charge in [0.1, 0.15) is 11.5 Å². The van der Waals surface area contributed by atoms with Crippen LogP contribution in [0.4, 0.5) is 0 Å². The molecule has 0 aliphatic carbocycles. The fourth-order valence-corrected chi connectivity index (χ4v) is 4.12. The molecule has 0 radical (unpaired) electrons. The van der Waals surface area contributed by atoms with Crippen molar-refractivity contribution in [1.29, 1.82) is 0 Å². The SMILES string of the molecule is Cc1ccc([C@@H]2Oc3ccccc3[C@H]3CC(c4cccs4)=NN32)o1. The van der Waals surface area contributed by atoms with Gasteiger partial charge in [-0.1, -0.05) is 24.3 Å². The van der Waals surface area contributed by atoms with Crippen LogP contribution in [0.1, 0.15) is 40.7 Å². The van der Waals surface area contributed by atoms with E-state index in [4.69, 9.17) is 14.3 Å². The highest BCUT2D eigenvalue weighted by Crippen LogP contribution is 2.47. The van der Waals surface area contributed by atoms with Crippen molar-refractivity contribution in [1.82, 2.24) is 5.01 Å². The smallest absolute Gasteiger partial charge is 0.246 e. The second-order valence-corrected chi connectivity index (χ2v) is 7.03. The summed E-state index contributed by atoms with van der Waals surface area (Å²) in [6.07, 6.45) is 0.563. The van der Waals surface area contributed by atoms with Crippen LogP contribution in [0, 0.1) is 6.92 Å². The Balaban J connectivity index is 1.61. The van der Waals surface area contributed by atoms with Gasteiger partial charge in [-0.2, -0.15) is 5.10 Å². The van der Waals surface area contributed by atoms with Gasteiger partial charge >= 0.3 is 0 Å². The number of hydrogen-bond acceptors (Lipinski definition) is 5. The molecule has 120 valence electrons. The summed E-state index contributed by atoms with van der Waals surface area (Å²) in [5.41, 5.74) is 2.30. The number of fused-ring (bicyclic) bond motifs is 3. The van der Waals surface area contributed by atoms with Crippen molar-refractivity contribution in [3.05, 3.63) is 75.9 Å². The third-order valence-corrected chi connectivity index (χ3v) is 5.43. The van der Waals surface area contributed by atoms with Gasteiger partial charge in [0.05, 0.1) is 16.6 Å². The first-order valence-electron chi connectivity index (χ1n) is 8.01. The van der Waals surface area contributed by atoms with Gasteiger partial charge in [-0.05, 0) is 36.6 Å². The molecule has 2 aromatic heterocycles. The Morgan fingerprint density at radius 2 is 2.04 bits per heavy atom. The summed E-state index contributed by atoms with van der Waals surface area (Å²) in [7, 11) is 0. The molecule has 4 nitrogen and oxygen atoms in total. The van der Waals surface area contributed by atoms with Crippen molar-refractivity contribution in [3.8, 4) is 5.75 Å². The molecule has 0 saturated carbocycles. The van der Waals surface area contributed by atoms with Crippen molar-refractivity contribution in [2.75, 3.05) is 0 Å². The third kappa shape index (κ3) is 2.08. The van der Waals surface area contributed by atoms with E-state index in [1.54, 1.807) is 11.3 Å². The predicted octanol–water partition coefficient (Wildman–Crippen LogP) is 4.89. The maximum atomic E-state index is 6.24. The molecule has 0 spiro atoms. The van der Waals surface area contributed by atoms with Crippen LogP contribution in [0.25, 0.3) is 0 Å². The van der Waals surface area contributed by atoms with Gasteiger partial charge in [0, 0.05) is 12.0 Å². The highest BCUT2D eigenvalue weighted by molar-refractivity contribution is 7.12. The van der Waals surface area contributed by atoms with E-state index in [0.29, 0.717) is 0 Å². The molecular weight excluding hydrogens is 320 g/mol. The second kappa shape index (κ2) is 5.24. The summed E-state index contributed by atoms with van der Waals surface area (Å²) in [5.74, 6) is 2.59. The van der Waals surface area contributed by atoms with E-state index in [9.17, 15) is 0 Å². The maximum absolute atomic E-state index is 6.24. The Morgan fingerprint density at radius 1 is 1.12 bits per heavy atom. The van der Waals surface area contributed by atoms with E-state index < -0.39 is 0 Å². The van der Waals surface area contributed by atoms with Crippen LogP contribution >= 0.6 is 11.3 Å². The van der Waals surface area contributed by atoms with Crippen LogP contribution in [0.15, 0.2) is 63.4 Å². The average Bonchev–Trinajstić information content (AvgIpc) is 3.34. The molecule has 1 aromatic carbocycles. The Kier molecular flexibility index (Phi) is 3.03. The summed E-state index contributed by atoms with van der Waals surface area (Å²) >= 11 is 1.73. The molecule has 0 unspecified atom stereocenters. The lowest BCUT2D eigenvalue weighted by molar-refractivity contribution is -0.0329. The van der Waals surface area contributed by atoms with Crippen LogP contribution in [0.2, 0.25) is 0 Å². The van der Waals surface area contributed by atoms with Crippen molar-refractivity contribution >= 4 is 17.0 Å². The Hall–Kier alpha value is -2.53. The highest BCUT2D eigenvalue weighted by atomic mass is 32.1. The van der Waals surface area contributed by atoms with Gasteiger partial charge in [0.2, 0.25) is 6.23 Å². The van der Waals surface area contributed by atoms with Gasteiger partial charge in [-0.25, -0.2) is 5.01 Å².